The average molecular weight is 325 g/mol. The van der Waals surface area contributed by atoms with Gasteiger partial charge in [-0.2, -0.15) is 20.1 Å². The fourth-order valence-electron chi connectivity index (χ4n) is 2.85. The van der Waals surface area contributed by atoms with Gasteiger partial charge in [-0.05, 0) is 12.1 Å². The quantitative estimate of drug-likeness (QED) is 0.689. The molecule has 1 saturated heterocycles. The summed E-state index contributed by atoms with van der Waals surface area (Å²) in [5.41, 5.74) is 1.93. The van der Waals surface area contributed by atoms with Crippen LogP contribution in [0.5, 0.6) is 0 Å². The topological polar surface area (TPSA) is 73.9 Å². The Hall–Kier alpha value is -2.58. The number of rotatable bonds is 5. The molecule has 124 valence electrons. The van der Waals surface area contributed by atoms with Gasteiger partial charge in [0.2, 0.25) is 0 Å². The molecule has 1 aliphatic heterocycles. The van der Waals surface area contributed by atoms with Gasteiger partial charge in [-0.3, -0.25) is 9.58 Å². The Bertz CT molecular complexity index is 756. The van der Waals surface area contributed by atoms with Crippen molar-refractivity contribution in [2.75, 3.05) is 19.7 Å². The fourth-order valence-corrected chi connectivity index (χ4v) is 2.85. The van der Waals surface area contributed by atoms with Crippen molar-refractivity contribution in [3.63, 3.8) is 0 Å². The zero-order valence-corrected chi connectivity index (χ0v) is 13.3. The molecular formula is C16H19N7O. The molecule has 0 N–H and O–H groups in total. The molecule has 1 fully saturated rings. The van der Waals surface area contributed by atoms with E-state index in [0.29, 0.717) is 13.2 Å². The lowest BCUT2D eigenvalue weighted by Gasteiger charge is -2.32. The third-order valence-electron chi connectivity index (χ3n) is 3.99. The molecule has 0 bridgehead atoms. The molecule has 24 heavy (non-hydrogen) atoms. The second-order valence-corrected chi connectivity index (χ2v) is 5.81. The molecule has 1 aromatic carbocycles. The molecule has 3 aromatic rings. The van der Waals surface area contributed by atoms with Crippen molar-refractivity contribution >= 4 is 0 Å². The molecule has 0 unspecified atom stereocenters. The van der Waals surface area contributed by atoms with E-state index in [2.05, 4.69) is 25.2 Å². The Morgan fingerprint density at radius 3 is 2.92 bits per heavy atom. The van der Waals surface area contributed by atoms with E-state index in [1.807, 2.05) is 36.5 Å². The minimum atomic E-state index is 0.115. The van der Waals surface area contributed by atoms with E-state index in [0.717, 1.165) is 31.0 Å². The maximum atomic E-state index is 5.82. The van der Waals surface area contributed by atoms with Crippen LogP contribution in [-0.2, 0) is 17.8 Å². The summed E-state index contributed by atoms with van der Waals surface area (Å²) < 4.78 is 7.63. The number of benzene rings is 1. The van der Waals surface area contributed by atoms with Crippen molar-refractivity contribution in [1.82, 2.24) is 34.7 Å². The van der Waals surface area contributed by atoms with Gasteiger partial charge >= 0.3 is 0 Å². The molecular weight excluding hydrogens is 306 g/mol. The van der Waals surface area contributed by atoms with Crippen LogP contribution >= 0.6 is 0 Å². The highest BCUT2D eigenvalue weighted by molar-refractivity contribution is 5.28. The molecule has 8 heteroatoms. The molecule has 0 radical (unpaired) electrons. The monoisotopic (exact) mass is 325 g/mol. The second kappa shape index (κ2) is 6.90. The minimum absolute atomic E-state index is 0.115. The highest BCUT2D eigenvalue weighted by Gasteiger charge is 2.22. The van der Waals surface area contributed by atoms with Gasteiger partial charge < -0.3 is 4.74 Å². The van der Waals surface area contributed by atoms with Gasteiger partial charge in [-0.25, -0.2) is 4.98 Å². The van der Waals surface area contributed by atoms with Crippen LogP contribution in [0.4, 0.5) is 0 Å². The highest BCUT2D eigenvalue weighted by Crippen LogP contribution is 2.11. The number of ether oxygens (including phenoxy) is 1. The first-order valence-electron chi connectivity index (χ1n) is 8.00. The van der Waals surface area contributed by atoms with E-state index in [9.17, 15) is 0 Å². The zero-order chi connectivity index (χ0) is 16.2. The fraction of sp³-hybridized carbons (Fsp3) is 0.375. The Kier molecular flexibility index (Phi) is 4.30. The predicted molar refractivity (Wildman–Crippen MR) is 86.4 cm³/mol. The van der Waals surface area contributed by atoms with Crippen LogP contribution in [-0.4, -0.2) is 60.5 Å². The van der Waals surface area contributed by atoms with Crippen molar-refractivity contribution < 1.29 is 4.74 Å². The van der Waals surface area contributed by atoms with Gasteiger partial charge in [0, 0.05) is 19.6 Å². The lowest BCUT2D eigenvalue weighted by atomic mass is 10.2. The van der Waals surface area contributed by atoms with E-state index in [1.54, 1.807) is 22.1 Å². The number of para-hydroxylation sites is 1. The molecule has 8 nitrogen and oxygen atoms in total. The van der Waals surface area contributed by atoms with E-state index in [-0.39, 0.29) is 6.10 Å². The summed E-state index contributed by atoms with van der Waals surface area (Å²) in [6, 6.07) is 9.93. The highest BCUT2D eigenvalue weighted by atomic mass is 16.5. The van der Waals surface area contributed by atoms with Crippen molar-refractivity contribution in [1.29, 1.82) is 0 Å². The van der Waals surface area contributed by atoms with Crippen molar-refractivity contribution in [3.8, 4) is 5.69 Å². The van der Waals surface area contributed by atoms with Gasteiger partial charge in [0.1, 0.15) is 12.7 Å². The first kappa shape index (κ1) is 15.0. The molecule has 1 aliphatic rings. The van der Waals surface area contributed by atoms with E-state index in [4.69, 9.17) is 4.74 Å². The first-order valence-corrected chi connectivity index (χ1v) is 8.00. The number of morpholine rings is 1. The van der Waals surface area contributed by atoms with Gasteiger partial charge in [-0.15, -0.1) is 0 Å². The second-order valence-electron chi connectivity index (χ2n) is 5.81. The Morgan fingerprint density at radius 2 is 2.08 bits per heavy atom. The molecule has 2 aromatic heterocycles. The van der Waals surface area contributed by atoms with Crippen LogP contribution in [0.15, 0.2) is 49.2 Å². The Morgan fingerprint density at radius 1 is 1.17 bits per heavy atom. The van der Waals surface area contributed by atoms with Crippen LogP contribution in [0.3, 0.4) is 0 Å². The smallest absolute Gasteiger partial charge is 0.137 e. The number of nitrogens with zero attached hydrogens (tertiary/aromatic N) is 7. The summed E-state index contributed by atoms with van der Waals surface area (Å²) in [6.45, 7) is 3.94. The molecule has 0 spiro atoms. The maximum absolute atomic E-state index is 5.82. The summed E-state index contributed by atoms with van der Waals surface area (Å²) in [7, 11) is 0. The van der Waals surface area contributed by atoms with E-state index < -0.39 is 0 Å². The lowest BCUT2D eigenvalue weighted by Crippen LogP contribution is -2.43. The summed E-state index contributed by atoms with van der Waals surface area (Å²) in [4.78, 5) is 7.97. The Labute approximate surface area is 139 Å². The normalized spacial score (nSPS) is 18.8. The minimum Gasteiger partial charge on any atom is -0.374 e. The number of hydrogen-bond acceptors (Lipinski definition) is 6. The van der Waals surface area contributed by atoms with Gasteiger partial charge in [0.05, 0.1) is 36.8 Å². The lowest BCUT2D eigenvalue weighted by molar-refractivity contribution is -0.0406. The molecule has 1 atom stereocenters. The van der Waals surface area contributed by atoms with Crippen LogP contribution in [0, 0.1) is 0 Å². The zero-order valence-electron chi connectivity index (χ0n) is 13.3. The Balaban J connectivity index is 1.37. The molecule has 3 heterocycles. The molecule has 0 saturated carbocycles. The first-order chi connectivity index (χ1) is 11.9. The molecule has 0 aliphatic carbocycles. The van der Waals surface area contributed by atoms with Crippen LogP contribution in [0.1, 0.15) is 5.69 Å². The average Bonchev–Trinajstić information content (AvgIpc) is 3.28. The van der Waals surface area contributed by atoms with Gasteiger partial charge in [0.15, 0.2) is 0 Å². The number of hydrogen-bond donors (Lipinski definition) is 0. The third-order valence-corrected chi connectivity index (χ3v) is 3.99. The molecule has 4 rings (SSSR count). The summed E-state index contributed by atoms with van der Waals surface area (Å²) in [6.07, 6.45) is 5.20. The predicted octanol–water partition coefficient (Wildman–Crippen LogP) is 0.760. The maximum Gasteiger partial charge on any atom is 0.137 e. The SMILES string of the molecule is c1ccc(-n2ncc(CN3CCO[C@H](Cn4cncn4)C3)n2)cc1. The summed E-state index contributed by atoms with van der Waals surface area (Å²) in [5.74, 6) is 0. The number of aromatic nitrogens is 6. The summed E-state index contributed by atoms with van der Waals surface area (Å²) in [5, 5.41) is 13.1. The van der Waals surface area contributed by atoms with Crippen molar-refractivity contribution in [3.05, 3.63) is 54.9 Å². The van der Waals surface area contributed by atoms with Crippen molar-refractivity contribution in [2.24, 2.45) is 0 Å². The van der Waals surface area contributed by atoms with Crippen LogP contribution < -0.4 is 0 Å². The van der Waals surface area contributed by atoms with Gasteiger partial charge in [0.25, 0.3) is 0 Å². The summed E-state index contributed by atoms with van der Waals surface area (Å²) >= 11 is 0. The van der Waals surface area contributed by atoms with Crippen LogP contribution in [0.25, 0.3) is 5.69 Å². The largest absolute Gasteiger partial charge is 0.374 e. The third kappa shape index (κ3) is 3.50. The van der Waals surface area contributed by atoms with Gasteiger partial charge in [-0.1, -0.05) is 18.2 Å². The standard InChI is InChI=1S/C16H19N7O/c1-2-4-15(5-3-1)23-18-8-14(20-23)9-21-6-7-24-16(10-21)11-22-13-17-12-19-22/h1-5,8,12-13,16H,6-7,9-11H2/t16-/m0/s1. The van der Waals surface area contributed by atoms with Crippen molar-refractivity contribution in [2.45, 2.75) is 19.2 Å². The van der Waals surface area contributed by atoms with E-state index >= 15 is 0 Å². The molecule has 0 amide bonds. The van der Waals surface area contributed by atoms with Crippen LogP contribution in [0.2, 0.25) is 0 Å². The van der Waals surface area contributed by atoms with E-state index in [1.165, 1.54) is 0 Å².